The molecule has 2 atom stereocenters. The second-order valence-corrected chi connectivity index (χ2v) is 11.5. The van der Waals surface area contributed by atoms with Gasteiger partial charge in [0.05, 0.1) is 38.0 Å². The summed E-state index contributed by atoms with van der Waals surface area (Å²) in [5.41, 5.74) is 2.87. The van der Waals surface area contributed by atoms with Gasteiger partial charge in [-0.25, -0.2) is 5.01 Å². The Morgan fingerprint density at radius 3 is 2.27 bits per heavy atom. The first-order valence-electron chi connectivity index (χ1n) is 15.6. The molecule has 10 nitrogen and oxygen atoms in total. The molecule has 6 rings (SSSR count). The van der Waals surface area contributed by atoms with E-state index in [2.05, 4.69) is 38.8 Å². The fraction of sp³-hybridized carbons (Fsp3) is 0.500. The van der Waals surface area contributed by atoms with Gasteiger partial charge in [0, 0.05) is 17.0 Å². The Balaban J connectivity index is 0.00000384. The highest BCUT2D eigenvalue weighted by atomic mass is 16.5. The van der Waals surface area contributed by atoms with Gasteiger partial charge in [-0.2, -0.15) is 10.3 Å². The van der Waals surface area contributed by atoms with Crippen LogP contribution in [0.25, 0.3) is 11.4 Å². The molecule has 1 fully saturated rings. The smallest absolute Gasteiger partial charge is 0.247 e. The third-order valence-corrected chi connectivity index (χ3v) is 8.69. The molecule has 10 heteroatoms. The number of amides is 1. The second kappa shape index (κ2) is 15.0. The SMILES string of the molecule is C.COc1ccc(C2=NN(C3CCCCCC3)C(=O)C3CC=CCC23)cc1OCCCCOc1ccc(-c2nn[nH]n2)cc1. The van der Waals surface area contributed by atoms with E-state index in [-0.39, 0.29) is 31.2 Å². The summed E-state index contributed by atoms with van der Waals surface area (Å²) in [6, 6.07) is 13.9. The number of aromatic amines is 1. The first kappa shape index (κ1) is 31.2. The van der Waals surface area contributed by atoms with Gasteiger partial charge in [-0.05, 0) is 86.2 Å². The number of H-pyrrole nitrogens is 1. The predicted molar refractivity (Wildman–Crippen MR) is 170 cm³/mol. The zero-order chi connectivity index (χ0) is 29.4. The van der Waals surface area contributed by atoms with Crippen LogP contribution in [0.5, 0.6) is 17.2 Å². The highest BCUT2D eigenvalue weighted by molar-refractivity contribution is 6.07. The number of hydrazone groups is 1. The molecular formula is C34H44N6O4. The van der Waals surface area contributed by atoms with Crippen LogP contribution in [0.1, 0.15) is 77.2 Å². The molecule has 3 aliphatic rings. The fourth-order valence-electron chi connectivity index (χ4n) is 6.34. The molecule has 2 aliphatic carbocycles. The van der Waals surface area contributed by atoms with Crippen LogP contribution >= 0.6 is 0 Å². The molecule has 2 aromatic carbocycles. The molecule has 1 amide bonds. The predicted octanol–water partition coefficient (Wildman–Crippen LogP) is 6.60. The van der Waals surface area contributed by atoms with Crippen LogP contribution in [0, 0.1) is 11.8 Å². The monoisotopic (exact) mass is 600 g/mol. The largest absolute Gasteiger partial charge is 0.494 e. The Morgan fingerprint density at radius 1 is 0.864 bits per heavy atom. The van der Waals surface area contributed by atoms with Gasteiger partial charge in [-0.3, -0.25) is 4.79 Å². The number of benzene rings is 2. The third kappa shape index (κ3) is 7.11. The third-order valence-electron chi connectivity index (χ3n) is 8.69. The Labute approximate surface area is 259 Å². The van der Waals surface area contributed by atoms with Crippen molar-refractivity contribution in [2.75, 3.05) is 20.3 Å². The van der Waals surface area contributed by atoms with Gasteiger partial charge < -0.3 is 14.2 Å². The van der Waals surface area contributed by atoms with Crippen LogP contribution in [0.3, 0.4) is 0 Å². The number of hydrogen-bond acceptors (Lipinski definition) is 8. The number of methoxy groups -OCH3 is 1. The van der Waals surface area contributed by atoms with E-state index in [9.17, 15) is 4.79 Å². The van der Waals surface area contributed by atoms with Crippen molar-refractivity contribution >= 4 is 11.6 Å². The number of allylic oxidation sites excluding steroid dienone is 2. The van der Waals surface area contributed by atoms with E-state index in [0.29, 0.717) is 30.5 Å². The lowest BCUT2D eigenvalue weighted by Crippen LogP contribution is -2.49. The average Bonchev–Trinajstić information content (AvgIpc) is 3.46. The van der Waals surface area contributed by atoms with E-state index >= 15 is 0 Å². The van der Waals surface area contributed by atoms with Crippen LogP contribution in [-0.4, -0.2) is 63.6 Å². The summed E-state index contributed by atoms with van der Waals surface area (Å²) in [5, 5.41) is 21.0. The van der Waals surface area contributed by atoms with E-state index in [1.54, 1.807) is 7.11 Å². The van der Waals surface area contributed by atoms with Gasteiger partial charge in [0.25, 0.3) is 0 Å². The lowest BCUT2D eigenvalue weighted by atomic mass is 9.76. The van der Waals surface area contributed by atoms with Gasteiger partial charge in [0.2, 0.25) is 11.7 Å². The topological polar surface area (TPSA) is 115 Å². The van der Waals surface area contributed by atoms with Crippen LogP contribution in [-0.2, 0) is 4.79 Å². The molecule has 1 aliphatic heterocycles. The van der Waals surface area contributed by atoms with Crippen molar-refractivity contribution in [3.05, 3.63) is 60.2 Å². The molecule has 44 heavy (non-hydrogen) atoms. The van der Waals surface area contributed by atoms with Crippen LogP contribution in [0.4, 0.5) is 0 Å². The lowest BCUT2D eigenvalue weighted by Gasteiger charge is -2.40. The first-order valence-corrected chi connectivity index (χ1v) is 15.6. The van der Waals surface area contributed by atoms with E-state index < -0.39 is 0 Å². The minimum absolute atomic E-state index is 0. The number of hydrogen-bond donors (Lipinski definition) is 1. The number of carbonyl (C=O) groups excluding carboxylic acids is 1. The number of carbonyl (C=O) groups is 1. The second-order valence-electron chi connectivity index (χ2n) is 11.5. The van der Waals surface area contributed by atoms with Crippen molar-refractivity contribution in [1.82, 2.24) is 25.6 Å². The maximum absolute atomic E-state index is 13.6. The fourth-order valence-corrected chi connectivity index (χ4v) is 6.34. The van der Waals surface area contributed by atoms with E-state index in [4.69, 9.17) is 19.3 Å². The maximum atomic E-state index is 13.6. The molecule has 2 unspecified atom stereocenters. The van der Waals surface area contributed by atoms with Crippen molar-refractivity contribution in [2.24, 2.45) is 16.9 Å². The van der Waals surface area contributed by atoms with E-state index in [0.717, 1.165) is 74.0 Å². The summed E-state index contributed by atoms with van der Waals surface area (Å²) >= 11 is 0. The van der Waals surface area contributed by atoms with E-state index in [1.165, 1.54) is 12.8 Å². The van der Waals surface area contributed by atoms with Gasteiger partial charge >= 0.3 is 0 Å². The van der Waals surface area contributed by atoms with Crippen LogP contribution in [0.2, 0.25) is 0 Å². The lowest BCUT2D eigenvalue weighted by molar-refractivity contribution is -0.140. The van der Waals surface area contributed by atoms with Crippen LogP contribution in [0.15, 0.2) is 59.7 Å². The number of ether oxygens (including phenoxy) is 3. The van der Waals surface area contributed by atoms with Crippen molar-refractivity contribution in [3.63, 3.8) is 0 Å². The molecule has 1 saturated carbocycles. The number of nitrogens with zero attached hydrogens (tertiary/aromatic N) is 5. The number of tetrazole rings is 1. The number of aromatic nitrogens is 4. The average molecular weight is 601 g/mol. The summed E-state index contributed by atoms with van der Waals surface area (Å²) in [4.78, 5) is 13.6. The molecule has 0 radical (unpaired) electrons. The molecule has 1 N–H and O–H groups in total. The Morgan fingerprint density at radius 2 is 1.57 bits per heavy atom. The van der Waals surface area contributed by atoms with Crippen molar-refractivity contribution in [1.29, 1.82) is 0 Å². The molecule has 234 valence electrons. The minimum Gasteiger partial charge on any atom is -0.494 e. The summed E-state index contributed by atoms with van der Waals surface area (Å²) in [7, 11) is 1.66. The van der Waals surface area contributed by atoms with Gasteiger partial charge in [0.1, 0.15) is 5.75 Å². The Hall–Kier alpha value is -4.21. The molecule has 0 saturated heterocycles. The van der Waals surface area contributed by atoms with Crippen molar-refractivity contribution in [3.8, 4) is 28.6 Å². The molecule has 3 aromatic rings. The van der Waals surface area contributed by atoms with Crippen molar-refractivity contribution < 1.29 is 19.0 Å². The van der Waals surface area contributed by atoms with Crippen molar-refractivity contribution in [2.45, 2.75) is 77.7 Å². The number of fused-ring (bicyclic) bond motifs is 1. The normalized spacial score (nSPS) is 20.2. The molecule has 0 bridgehead atoms. The van der Waals surface area contributed by atoms with Gasteiger partial charge in [-0.15, -0.1) is 10.2 Å². The van der Waals surface area contributed by atoms with Crippen LogP contribution < -0.4 is 14.2 Å². The maximum Gasteiger partial charge on any atom is 0.247 e. The molecule has 0 spiro atoms. The highest BCUT2D eigenvalue weighted by Gasteiger charge is 2.42. The molecule has 1 aromatic heterocycles. The van der Waals surface area contributed by atoms with Gasteiger partial charge in [0.15, 0.2) is 11.5 Å². The molecule has 2 heterocycles. The Bertz CT molecular complexity index is 1410. The highest BCUT2D eigenvalue weighted by Crippen LogP contribution is 2.39. The molecular weight excluding hydrogens is 556 g/mol. The quantitative estimate of drug-likeness (QED) is 0.150. The summed E-state index contributed by atoms with van der Waals surface area (Å²) < 4.78 is 17.8. The summed E-state index contributed by atoms with van der Waals surface area (Å²) in [6.07, 6.45) is 14.5. The Kier molecular flexibility index (Phi) is 10.6. The summed E-state index contributed by atoms with van der Waals surface area (Å²) in [6.45, 7) is 1.12. The zero-order valence-corrected chi connectivity index (χ0v) is 24.8. The number of rotatable bonds is 11. The van der Waals surface area contributed by atoms with Gasteiger partial charge in [-0.1, -0.05) is 45.3 Å². The first-order chi connectivity index (χ1) is 21.2. The standard InChI is InChI=1S/C33H40N6O4.CH4/c1-41-29-19-16-24(31-27-12-6-7-13-28(27)33(40)39(36-31)25-10-4-2-3-5-11-25)22-30(29)43-21-9-8-20-42-26-17-14-23(15-18-26)32-34-37-38-35-32;/h6-7,14-19,22,25,27-28H,2-5,8-13,20-21H2,1H3,(H,34,35,37,38);1H4. The minimum atomic E-state index is -0.0533. The zero-order valence-electron chi connectivity index (χ0n) is 24.8. The number of nitrogens with one attached hydrogen (secondary N) is 1. The number of unbranched alkanes of at least 4 members (excludes halogenated alkanes) is 1. The summed E-state index contributed by atoms with van der Waals surface area (Å²) in [5.74, 6) is 2.96. The van der Waals surface area contributed by atoms with E-state index in [1.807, 2.05) is 41.4 Å².